The van der Waals surface area contributed by atoms with E-state index in [2.05, 4.69) is 90.0 Å². The second kappa shape index (κ2) is 18.1. The Morgan fingerprint density at radius 2 is 0.706 bits per heavy atom. The SMILES string of the molecule is CCCCC(CC)C(P)(CC)P(C(P)(CC)C(CC)CCCC)C(P)(CC)C(CC)CCCC. The van der Waals surface area contributed by atoms with Crippen LogP contribution in [0.15, 0.2) is 0 Å². The smallest absolute Gasteiger partial charge is 0.00909 e. The van der Waals surface area contributed by atoms with Gasteiger partial charge in [0.1, 0.15) is 0 Å². The highest BCUT2D eigenvalue weighted by Crippen LogP contribution is 2.82. The lowest BCUT2D eigenvalue weighted by Gasteiger charge is -2.62. The lowest BCUT2D eigenvalue weighted by atomic mass is 9.92. The molecule has 0 aromatic heterocycles. The first-order chi connectivity index (χ1) is 16.1. The van der Waals surface area contributed by atoms with Crippen molar-refractivity contribution in [2.75, 3.05) is 0 Å². The van der Waals surface area contributed by atoms with Gasteiger partial charge in [-0.05, 0) is 56.3 Å². The summed E-state index contributed by atoms with van der Waals surface area (Å²) in [5, 5.41) is 0. The molecular formula is C30H66P4. The van der Waals surface area contributed by atoms with Gasteiger partial charge >= 0.3 is 0 Å². The summed E-state index contributed by atoms with van der Waals surface area (Å²) in [6.45, 7) is 22.2. The first kappa shape index (κ1) is 35.7. The van der Waals surface area contributed by atoms with Crippen LogP contribution >= 0.6 is 35.6 Å². The highest BCUT2D eigenvalue weighted by atomic mass is 31.2. The summed E-state index contributed by atoms with van der Waals surface area (Å²) in [5.74, 6) is 2.41. The van der Waals surface area contributed by atoms with Crippen LogP contribution in [0.25, 0.3) is 0 Å². The molecule has 0 aromatic rings. The Kier molecular flexibility index (Phi) is 19.0. The summed E-state index contributed by atoms with van der Waals surface area (Å²) >= 11 is 0. The Balaban J connectivity index is 7.11. The van der Waals surface area contributed by atoms with Gasteiger partial charge in [-0.2, -0.15) is 0 Å². The second-order valence-corrected chi connectivity index (χ2v) is 18.8. The lowest BCUT2D eigenvalue weighted by molar-refractivity contribution is 0.346. The molecule has 0 bridgehead atoms. The molecular weight excluding hydrogens is 484 g/mol. The van der Waals surface area contributed by atoms with Crippen molar-refractivity contribution in [2.45, 2.75) is 173 Å². The average molecular weight is 551 g/mol. The monoisotopic (exact) mass is 550 g/mol. The molecule has 0 aliphatic heterocycles. The Labute approximate surface area is 226 Å². The van der Waals surface area contributed by atoms with E-state index in [1.807, 2.05) is 0 Å². The van der Waals surface area contributed by atoms with Crippen molar-refractivity contribution in [3.8, 4) is 0 Å². The molecule has 0 aliphatic carbocycles. The van der Waals surface area contributed by atoms with E-state index >= 15 is 0 Å². The normalized spacial score (nSPS) is 21.2. The van der Waals surface area contributed by atoms with Gasteiger partial charge in [0.15, 0.2) is 0 Å². The summed E-state index contributed by atoms with van der Waals surface area (Å²) in [6.07, 6.45) is 20.2. The van der Waals surface area contributed by atoms with E-state index in [1.165, 1.54) is 96.3 Å². The zero-order valence-electron chi connectivity index (χ0n) is 25.0. The minimum absolute atomic E-state index is 0.294. The average Bonchev–Trinajstić information content (AvgIpc) is 2.85. The summed E-state index contributed by atoms with van der Waals surface area (Å²) in [4.78, 5) is 1.02. The van der Waals surface area contributed by atoms with E-state index in [9.17, 15) is 0 Å². The van der Waals surface area contributed by atoms with Crippen molar-refractivity contribution in [2.24, 2.45) is 17.8 Å². The first-order valence-corrected chi connectivity index (χ1v) is 18.4. The van der Waals surface area contributed by atoms with Crippen LogP contribution in [0, 0.1) is 17.8 Å². The maximum absolute atomic E-state index is 3.62. The van der Waals surface area contributed by atoms with Crippen molar-refractivity contribution < 1.29 is 0 Å². The summed E-state index contributed by atoms with van der Waals surface area (Å²) in [5.41, 5.74) is 0. The molecule has 0 N–H and O–H groups in total. The largest absolute Gasteiger partial charge is 0.126 e. The van der Waals surface area contributed by atoms with Crippen LogP contribution in [0.5, 0.6) is 0 Å². The molecule has 0 fully saturated rings. The molecule has 206 valence electrons. The molecule has 9 atom stereocenters. The summed E-state index contributed by atoms with van der Waals surface area (Å²) in [6, 6.07) is 0. The van der Waals surface area contributed by atoms with Crippen molar-refractivity contribution in [1.82, 2.24) is 0 Å². The zero-order chi connectivity index (χ0) is 26.4. The van der Waals surface area contributed by atoms with E-state index in [0.717, 1.165) is 17.8 Å². The third-order valence-electron chi connectivity index (χ3n) is 9.27. The highest BCUT2D eigenvalue weighted by molar-refractivity contribution is 7.78. The van der Waals surface area contributed by atoms with E-state index in [4.69, 9.17) is 0 Å². The molecule has 0 heterocycles. The van der Waals surface area contributed by atoms with Crippen LogP contribution in [0.1, 0.15) is 159 Å². The van der Waals surface area contributed by atoms with Crippen LogP contribution in [-0.2, 0) is 0 Å². The van der Waals surface area contributed by atoms with Gasteiger partial charge in [0.05, 0.1) is 0 Å². The molecule has 0 saturated carbocycles. The molecule has 0 radical (unpaired) electrons. The number of hydrogen-bond donors (Lipinski definition) is 0. The number of rotatable bonds is 21. The zero-order valence-corrected chi connectivity index (χ0v) is 29.4. The van der Waals surface area contributed by atoms with Gasteiger partial charge in [0, 0.05) is 14.7 Å². The predicted octanol–water partition coefficient (Wildman–Crippen LogP) is 12.1. The van der Waals surface area contributed by atoms with Crippen LogP contribution < -0.4 is 0 Å². The fourth-order valence-corrected chi connectivity index (χ4v) is 19.0. The minimum Gasteiger partial charge on any atom is -0.126 e. The van der Waals surface area contributed by atoms with Crippen molar-refractivity contribution >= 4 is 35.6 Å². The minimum atomic E-state index is -0.294. The van der Waals surface area contributed by atoms with E-state index < -0.39 is 0 Å². The quantitative estimate of drug-likeness (QED) is 0.125. The standard InChI is InChI=1S/C30H66P4/c1-10-19-22-25(13-4)28(31,16-7)34(29(32,17-8)26(14-5)23-20-11-2)30(33,18-9)27(15-6)24-21-12-3/h25-27H,10-24,31-33H2,1-9H3. The molecule has 0 amide bonds. The maximum atomic E-state index is 3.62. The van der Waals surface area contributed by atoms with Gasteiger partial charge in [-0.25, -0.2) is 0 Å². The maximum Gasteiger partial charge on any atom is 0.00909 e. The Bertz CT molecular complexity index is 441. The number of hydrogen-bond acceptors (Lipinski definition) is 0. The predicted molar refractivity (Wildman–Crippen MR) is 175 cm³/mol. The van der Waals surface area contributed by atoms with Gasteiger partial charge in [-0.1, -0.05) is 128 Å². The van der Waals surface area contributed by atoms with Gasteiger partial charge in [-0.15, -0.1) is 27.7 Å². The molecule has 34 heavy (non-hydrogen) atoms. The van der Waals surface area contributed by atoms with Crippen LogP contribution in [-0.4, -0.2) is 14.7 Å². The third kappa shape index (κ3) is 8.62. The molecule has 0 aromatic carbocycles. The van der Waals surface area contributed by atoms with E-state index in [1.54, 1.807) is 0 Å². The van der Waals surface area contributed by atoms with Gasteiger partial charge in [-0.3, -0.25) is 0 Å². The van der Waals surface area contributed by atoms with Crippen LogP contribution in [0.4, 0.5) is 0 Å². The molecule has 0 spiro atoms. The second-order valence-electron chi connectivity index (χ2n) is 11.1. The summed E-state index contributed by atoms with van der Waals surface area (Å²) < 4.78 is 0. The fourth-order valence-electron chi connectivity index (χ4n) is 6.82. The topological polar surface area (TPSA) is 0 Å². The van der Waals surface area contributed by atoms with E-state index in [-0.39, 0.29) is 7.92 Å². The highest BCUT2D eigenvalue weighted by Gasteiger charge is 2.58. The van der Waals surface area contributed by atoms with Gasteiger partial charge < -0.3 is 0 Å². The van der Waals surface area contributed by atoms with Gasteiger partial charge in [0.25, 0.3) is 0 Å². The Hall–Kier alpha value is 1.72. The van der Waals surface area contributed by atoms with Crippen molar-refractivity contribution in [1.29, 1.82) is 0 Å². The molecule has 0 saturated heterocycles. The molecule has 0 aliphatic rings. The third-order valence-corrected chi connectivity index (χ3v) is 18.8. The first-order valence-electron chi connectivity index (χ1n) is 15.3. The van der Waals surface area contributed by atoms with Crippen molar-refractivity contribution in [3.05, 3.63) is 0 Å². The summed E-state index contributed by atoms with van der Waals surface area (Å²) in [7, 11) is 10.6. The molecule has 9 unspecified atom stereocenters. The lowest BCUT2D eigenvalue weighted by Crippen LogP contribution is -2.48. The number of unbranched alkanes of at least 4 members (excludes halogenated alkanes) is 3. The fraction of sp³-hybridized carbons (Fsp3) is 1.00. The van der Waals surface area contributed by atoms with Crippen molar-refractivity contribution in [3.63, 3.8) is 0 Å². The molecule has 4 heteroatoms. The van der Waals surface area contributed by atoms with Crippen LogP contribution in [0.3, 0.4) is 0 Å². The molecule has 0 rings (SSSR count). The van der Waals surface area contributed by atoms with Gasteiger partial charge in [0.2, 0.25) is 0 Å². The molecule has 0 nitrogen and oxygen atoms in total. The Morgan fingerprint density at radius 1 is 0.471 bits per heavy atom. The van der Waals surface area contributed by atoms with E-state index in [0.29, 0.717) is 14.7 Å². The Morgan fingerprint density at radius 3 is 0.853 bits per heavy atom. The van der Waals surface area contributed by atoms with Crippen LogP contribution in [0.2, 0.25) is 0 Å².